The van der Waals surface area contributed by atoms with Gasteiger partial charge >= 0.3 is 0 Å². The smallest absolute Gasteiger partial charge is 0.242 e. The van der Waals surface area contributed by atoms with Gasteiger partial charge in [0.15, 0.2) is 11.5 Å². The van der Waals surface area contributed by atoms with Crippen molar-refractivity contribution >= 4 is 17.5 Å². The largest absolute Gasteiger partial charge is 0.493 e. The summed E-state index contributed by atoms with van der Waals surface area (Å²) in [5.74, 6) is 1.70. The Labute approximate surface area is 285 Å². The molecule has 0 unspecified atom stereocenters. The van der Waals surface area contributed by atoms with Gasteiger partial charge in [-0.3, -0.25) is 14.4 Å². The van der Waals surface area contributed by atoms with E-state index in [1.807, 2.05) is 56.3 Å². The molecule has 3 atom stereocenters. The third-order valence-electron chi connectivity index (χ3n) is 8.86. The summed E-state index contributed by atoms with van der Waals surface area (Å²) in [4.78, 5) is 44.2. The number of hydrogen-bond acceptors (Lipinski definition) is 10. The molecular weight excluding hydrogens is 626 g/mol. The van der Waals surface area contributed by atoms with E-state index in [1.54, 1.807) is 20.3 Å². The predicted octanol–water partition coefficient (Wildman–Crippen LogP) is 5.10. The number of benzene rings is 2. The summed E-state index contributed by atoms with van der Waals surface area (Å²) >= 11 is 0. The van der Waals surface area contributed by atoms with E-state index in [0.29, 0.717) is 65.8 Å². The minimum Gasteiger partial charge on any atom is -0.493 e. The van der Waals surface area contributed by atoms with E-state index in [4.69, 9.17) is 18.7 Å². The van der Waals surface area contributed by atoms with Gasteiger partial charge in [-0.05, 0) is 53.6 Å². The van der Waals surface area contributed by atoms with Crippen LogP contribution in [0.1, 0.15) is 56.7 Å². The quantitative estimate of drug-likeness (QED) is 0.175. The number of nitrogens with one attached hydrogen (secondary N) is 3. The number of amides is 2. The normalized spacial score (nSPS) is 14.7. The summed E-state index contributed by atoms with van der Waals surface area (Å²) in [5.41, 5.74) is 3.78. The van der Waals surface area contributed by atoms with Crippen LogP contribution in [0.4, 0.5) is 5.69 Å². The van der Waals surface area contributed by atoms with E-state index in [0.717, 1.165) is 16.7 Å². The van der Waals surface area contributed by atoms with Crippen LogP contribution in [0.3, 0.4) is 0 Å². The summed E-state index contributed by atoms with van der Waals surface area (Å²) < 4.78 is 22.6. The molecule has 0 radical (unpaired) electrons. The van der Waals surface area contributed by atoms with Crippen molar-refractivity contribution in [2.24, 2.45) is 5.92 Å². The molecule has 0 saturated heterocycles. The topological polar surface area (TPSA) is 154 Å². The zero-order chi connectivity index (χ0) is 35.1. The van der Waals surface area contributed by atoms with Crippen LogP contribution in [-0.4, -0.2) is 55.9 Å². The van der Waals surface area contributed by atoms with Crippen LogP contribution in [0.15, 0.2) is 63.9 Å². The molecule has 12 nitrogen and oxygen atoms in total. The highest BCUT2D eigenvalue weighted by Crippen LogP contribution is 2.50. The molecule has 5 rings (SSSR count). The first-order valence-corrected chi connectivity index (χ1v) is 16.4. The Morgan fingerprint density at radius 2 is 1.78 bits per heavy atom. The number of carbonyl (C=O) groups is 2. The molecule has 0 spiro atoms. The summed E-state index contributed by atoms with van der Waals surface area (Å²) in [7, 11) is 4.66. The highest BCUT2D eigenvalue weighted by atomic mass is 16.5. The van der Waals surface area contributed by atoms with Crippen molar-refractivity contribution in [2.45, 2.75) is 58.5 Å². The van der Waals surface area contributed by atoms with E-state index in [9.17, 15) is 14.4 Å². The minimum atomic E-state index is -0.709. The number of nitrogens with zero attached hydrogens (tertiary/aromatic N) is 2. The lowest BCUT2D eigenvalue weighted by atomic mass is 9.95. The molecule has 0 bridgehead atoms. The maximum absolute atomic E-state index is 13.9. The molecule has 258 valence electrons. The number of anilines is 1. The zero-order valence-corrected chi connectivity index (χ0v) is 28.7. The second kappa shape index (κ2) is 15.7. The van der Waals surface area contributed by atoms with Gasteiger partial charge in [0.2, 0.25) is 34.7 Å². The lowest BCUT2D eigenvalue weighted by Gasteiger charge is -2.24. The Balaban J connectivity index is 1.45. The lowest BCUT2D eigenvalue weighted by molar-refractivity contribution is -0.123. The molecule has 1 aliphatic carbocycles. The number of hydrogen-bond donors (Lipinski definition) is 3. The third-order valence-corrected chi connectivity index (χ3v) is 8.86. The number of rotatable bonds is 13. The third kappa shape index (κ3) is 7.69. The maximum atomic E-state index is 13.9. The maximum Gasteiger partial charge on any atom is 0.242 e. The van der Waals surface area contributed by atoms with Gasteiger partial charge in [0.1, 0.15) is 6.04 Å². The first-order chi connectivity index (χ1) is 23.7. The summed E-state index contributed by atoms with van der Waals surface area (Å²) in [5, 5.41) is 13.3. The van der Waals surface area contributed by atoms with Crippen molar-refractivity contribution < 1.29 is 28.3 Å². The van der Waals surface area contributed by atoms with E-state index in [1.165, 1.54) is 20.1 Å². The minimum absolute atomic E-state index is 0.111. The standard InChI is InChI=1S/C37H43N5O7/c1-7-21(2)33(37(45)38-18-17-31-41-36(42-49-31)23-11-9-8-10-12-23)40-28-16-14-25-26(20-29(28)44)27(39-22(3)43)15-13-24-19-30(46-4)34(47-5)35(48-6)32(24)25/h8-12,14,16,19-21,27,33H,7,13,15,17-18H2,1-6H3,(H,38,45)(H,39,43)(H,40,44)/t21-,27+,33+/m1/s1. The number of fused-ring (bicyclic) bond motifs is 3. The monoisotopic (exact) mass is 669 g/mol. The van der Waals surface area contributed by atoms with Crippen LogP contribution in [0.25, 0.3) is 22.5 Å². The van der Waals surface area contributed by atoms with Gasteiger partial charge in [0.25, 0.3) is 0 Å². The fourth-order valence-corrected chi connectivity index (χ4v) is 6.16. The number of carbonyl (C=O) groups excluding carboxylic acids is 2. The van der Waals surface area contributed by atoms with E-state index in [2.05, 4.69) is 26.1 Å². The van der Waals surface area contributed by atoms with Crippen molar-refractivity contribution in [3.8, 4) is 39.8 Å². The van der Waals surface area contributed by atoms with Gasteiger partial charge in [0, 0.05) is 31.0 Å². The van der Waals surface area contributed by atoms with Crippen LogP contribution in [-0.2, 0) is 22.4 Å². The molecule has 2 amide bonds. The zero-order valence-electron chi connectivity index (χ0n) is 28.7. The molecule has 1 aromatic heterocycles. The van der Waals surface area contributed by atoms with Crippen molar-refractivity contribution in [1.29, 1.82) is 0 Å². The van der Waals surface area contributed by atoms with Gasteiger partial charge in [-0.2, -0.15) is 4.98 Å². The molecule has 0 aliphatic heterocycles. The highest BCUT2D eigenvalue weighted by Gasteiger charge is 2.30. The van der Waals surface area contributed by atoms with Crippen LogP contribution >= 0.6 is 0 Å². The first kappa shape index (κ1) is 34.9. The van der Waals surface area contributed by atoms with Gasteiger partial charge in [-0.1, -0.05) is 61.8 Å². The lowest BCUT2D eigenvalue weighted by Crippen LogP contribution is -2.45. The average molecular weight is 670 g/mol. The van der Waals surface area contributed by atoms with Gasteiger partial charge in [-0.15, -0.1) is 0 Å². The fraction of sp³-hybridized carbons (Fsp3) is 0.378. The average Bonchev–Trinajstić information content (AvgIpc) is 3.46. The SMILES string of the molecule is CC[C@@H](C)[C@H](Nc1ccc2c(cc1=O)[C@@H](NC(C)=O)CCc1cc(OC)c(OC)c(OC)c1-2)C(=O)NCCc1nc(-c2ccccc2)no1. The molecule has 3 aromatic carbocycles. The van der Waals surface area contributed by atoms with Crippen molar-refractivity contribution in [1.82, 2.24) is 20.8 Å². The van der Waals surface area contributed by atoms with Crippen LogP contribution in [0.5, 0.6) is 17.2 Å². The van der Waals surface area contributed by atoms with E-state index >= 15 is 0 Å². The van der Waals surface area contributed by atoms with E-state index < -0.39 is 12.1 Å². The van der Waals surface area contributed by atoms with Crippen molar-refractivity contribution in [3.05, 3.63) is 81.8 Å². The first-order valence-electron chi connectivity index (χ1n) is 16.4. The van der Waals surface area contributed by atoms with Crippen LogP contribution in [0.2, 0.25) is 0 Å². The highest BCUT2D eigenvalue weighted by molar-refractivity contribution is 5.86. The van der Waals surface area contributed by atoms with Crippen LogP contribution in [0, 0.1) is 5.92 Å². The number of methoxy groups -OCH3 is 3. The molecule has 49 heavy (non-hydrogen) atoms. The number of aryl methyl sites for hydroxylation is 1. The molecule has 4 aromatic rings. The Bertz CT molecular complexity index is 1860. The molecular formula is C37H43N5O7. The summed E-state index contributed by atoms with van der Waals surface area (Å²) in [6, 6.07) is 15.3. The Morgan fingerprint density at radius 3 is 2.45 bits per heavy atom. The molecule has 1 heterocycles. The van der Waals surface area contributed by atoms with Gasteiger partial charge < -0.3 is 34.7 Å². The Kier molecular flexibility index (Phi) is 11.2. The Morgan fingerprint density at radius 1 is 1.02 bits per heavy atom. The molecule has 12 heteroatoms. The summed E-state index contributed by atoms with van der Waals surface area (Å²) in [6.07, 6.45) is 2.16. The second-order valence-electron chi connectivity index (χ2n) is 12.0. The molecule has 1 aliphatic rings. The van der Waals surface area contributed by atoms with Gasteiger partial charge in [-0.25, -0.2) is 0 Å². The fourth-order valence-electron chi connectivity index (χ4n) is 6.16. The molecule has 0 fully saturated rings. The number of ether oxygens (including phenoxy) is 3. The summed E-state index contributed by atoms with van der Waals surface area (Å²) in [6.45, 7) is 5.67. The van der Waals surface area contributed by atoms with Crippen molar-refractivity contribution in [3.63, 3.8) is 0 Å². The van der Waals surface area contributed by atoms with Crippen molar-refractivity contribution in [2.75, 3.05) is 33.2 Å². The second-order valence-corrected chi connectivity index (χ2v) is 12.0. The van der Waals surface area contributed by atoms with Gasteiger partial charge in [0.05, 0.1) is 33.1 Å². The Hall–Kier alpha value is -5.39. The molecule has 0 saturated carbocycles. The number of aromatic nitrogens is 2. The molecule has 3 N–H and O–H groups in total. The van der Waals surface area contributed by atoms with Crippen LogP contribution < -0.4 is 35.6 Å². The van der Waals surface area contributed by atoms with E-state index in [-0.39, 0.29) is 35.4 Å². The predicted molar refractivity (Wildman–Crippen MR) is 186 cm³/mol.